The normalized spacial score (nSPS) is 26.8. The van der Waals surface area contributed by atoms with Crippen LogP contribution in [-0.2, 0) is 16.1 Å². The molecule has 0 spiro atoms. The number of rotatable bonds is 6. The molecule has 2 saturated carbocycles. The Hall–Kier alpha value is -5.24. The van der Waals surface area contributed by atoms with Gasteiger partial charge in [-0.15, -0.1) is 0 Å². The van der Waals surface area contributed by atoms with Crippen molar-refractivity contribution in [2.45, 2.75) is 84.2 Å². The SMILES string of the molecule is CC1(C)[C@H](Oc2ccc(C#N)c(Cl)c2)C(C)(C)[C@H]1N1Cc2nc(C#C[C@H]3C[C@H](N4CCN(c5cc(=O)n(C6CCC(=O)NC6=O)cn5)CC4)C3)ccc2C1=O. The molecule has 4 fully saturated rings. The van der Waals surface area contributed by atoms with Gasteiger partial charge >= 0.3 is 0 Å². The van der Waals surface area contributed by atoms with E-state index in [-0.39, 0.29) is 59.1 Å². The van der Waals surface area contributed by atoms with Crippen molar-refractivity contribution in [2.75, 3.05) is 31.1 Å². The number of nitrogens with one attached hydrogen (secondary N) is 1. The highest BCUT2D eigenvalue weighted by Crippen LogP contribution is 2.59. The van der Waals surface area contributed by atoms with Gasteiger partial charge in [0, 0.05) is 73.6 Å². The number of pyridine rings is 1. The van der Waals surface area contributed by atoms with E-state index in [4.69, 9.17) is 21.3 Å². The van der Waals surface area contributed by atoms with Crippen molar-refractivity contribution in [3.8, 4) is 23.7 Å². The van der Waals surface area contributed by atoms with Crippen LogP contribution in [0.5, 0.6) is 5.75 Å². The molecule has 1 atom stereocenters. The summed E-state index contributed by atoms with van der Waals surface area (Å²) in [6.45, 7) is 12.1. The predicted molar refractivity (Wildman–Crippen MR) is 203 cm³/mol. The lowest BCUT2D eigenvalue weighted by Gasteiger charge is -2.65. The van der Waals surface area contributed by atoms with Crippen LogP contribution < -0.4 is 20.5 Å². The molecule has 1 N–H and O–H groups in total. The summed E-state index contributed by atoms with van der Waals surface area (Å²) in [6.07, 6.45) is 3.67. The van der Waals surface area contributed by atoms with E-state index in [1.165, 1.54) is 17.0 Å². The molecular weight excluding hydrogens is 720 g/mol. The fraction of sp³-hybridized carbons (Fsp3) is 0.488. The molecule has 0 radical (unpaired) electrons. The van der Waals surface area contributed by atoms with Gasteiger partial charge in [-0.25, -0.2) is 9.97 Å². The van der Waals surface area contributed by atoms with Gasteiger partial charge < -0.3 is 14.5 Å². The second kappa shape index (κ2) is 13.8. The zero-order valence-electron chi connectivity index (χ0n) is 31.3. The number of benzene rings is 1. The van der Waals surface area contributed by atoms with Crippen LogP contribution in [0.3, 0.4) is 0 Å². The molecule has 3 aliphatic heterocycles. The maximum absolute atomic E-state index is 13.7. The quantitative estimate of drug-likeness (QED) is 0.289. The first-order valence-electron chi connectivity index (χ1n) is 18.8. The summed E-state index contributed by atoms with van der Waals surface area (Å²) in [4.78, 5) is 66.2. The van der Waals surface area contributed by atoms with E-state index in [1.54, 1.807) is 18.2 Å². The molecule has 1 aromatic carbocycles. The molecule has 8 rings (SSSR count). The molecule has 5 heterocycles. The average Bonchev–Trinajstić information content (AvgIpc) is 3.44. The van der Waals surface area contributed by atoms with Gasteiger partial charge in [0.1, 0.15) is 41.8 Å². The number of halogens is 1. The third-order valence-corrected chi connectivity index (χ3v) is 12.5. The average molecular weight is 763 g/mol. The van der Waals surface area contributed by atoms with E-state index in [0.717, 1.165) is 44.7 Å². The lowest BCUT2D eigenvalue weighted by atomic mass is 9.49. The van der Waals surface area contributed by atoms with Crippen molar-refractivity contribution in [3.63, 3.8) is 0 Å². The van der Waals surface area contributed by atoms with Gasteiger partial charge in [-0.05, 0) is 49.4 Å². The molecule has 1 unspecified atom stereocenters. The van der Waals surface area contributed by atoms with Crippen molar-refractivity contribution in [1.29, 1.82) is 5.26 Å². The lowest BCUT2D eigenvalue weighted by molar-refractivity contribution is -0.199. The first-order valence-corrected chi connectivity index (χ1v) is 19.2. The van der Waals surface area contributed by atoms with Crippen molar-refractivity contribution < 1.29 is 19.1 Å². The molecule has 2 aliphatic carbocycles. The minimum absolute atomic E-state index is 0.0256. The highest BCUT2D eigenvalue weighted by molar-refractivity contribution is 6.31. The maximum atomic E-state index is 13.7. The van der Waals surface area contributed by atoms with Gasteiger partial charge in [-0.1, -0.05) is 45.2 Å². The number of hydrogen-bond donors (Lipinski definition) is 1. The van der Waals surface area contributed by atoms with E-state index in [9.17, 15) is 24.4 Å². The number of anilines is 1. The molecular formula is C41H43ClN8O5. The van der Waals surface area contributed by atoms with E-state index in [1.807, 2.05) is 17.0 Å². The van der Waals surface area contributed by atoms with E-state index in [2.05, 4.69) is 65.7 Å². The van der Waals surface area contributed by atoms with Gasteiger partial charge in [0.15, 0.2) is 0 Å². The van der Waals surface area contributed by atoms with Crippen LogP contribution in [0.25, 0.3) is 0 Å². The molecule has 55 heavy (non-hydrogen) atoms. The molecule has 2 saturated heterocycles. The highest BCUT2D eigenvalue weighted by Gasteiger charge is 2.67. The number of piperazine rings is 1. The van der Waals surface area contributed by atoms with E-state index < -0.39 is 11.9 Å². The summed E-state index contributed by atoms with van der Waals surface area (Å²) >= 11 is 6.27. The van der Waals surface area contributed by atoms with Crippen molar-refractivity contribution >= 4 is 35.1 Å². The number of imide groups is 1. The summed E-state index contributed by atoms with van der Waals surface area (Å²) < 4.78 is 7.76. The fourth-order valence-corrected chi connectivity index (χ4v) is 9.96. The summed E-state index contributed by atoms with van der Waals surface area (Å²) in [5.74, 6) is 7.36. The number of ether oxygens (including phenoxy) is 1. The number of nitriles is 1. The number of fused-ring (bicyclic) bond motifs is 1. The van der Waals surface area contributed by atoms with Crippen LogP contribution in [-0.4, -0.2) is 86.4 Å². The number of aromatic nitrogens is 3. The first kappa shape index (κ1) is 36.7. The smallest absolute Gasteiger partial charge is 0.256 e. The van der Waals surface area contributed by atoms with Gasteiger partial charge in [0.2, 0.25) is 11.8 Å². The minimum atomic E-state index is -0.720. The Balaban J connectivity index is 0.837. The summed E-state index contributed by atoms with van der Waals surface area (Å²) in [5, 5.41) is 11.9. The minimum Gasteiger partial charge on any atom is -0.489 e. The zero-order chi connectivity index (χ0) is 38.8. The van der Waals surface area contributed by atoms with Gasteiger partial charge in [-0.3, -0.25) is 34.0 Å². The zero-order valence-corrected chi connectivity index (χ0v) is 32.1. The number of piperidine rings is 1. The molecule has 5 aliphatic rings. The number of amides is 3. The Kier molecular flexibility index (Phi) is 9.22. The van der Waals surface area contributed by atoms with Crippen molar-refractivity contribution in [1.82, 2.24) is 29.7 Å². The second-order valence-electron chi connectivity index (χ2n) is 16.5. The topological polar surface area (TPSA) is 154 Å². The molecule has 13 nitrogen and oxygen atoms in total. The molecule has 3 amide bonds. The summed E-state index contributed by atoms with van der Waals surface area (Å²) in [5.41, 5.74) is 1.41. The van der Waals surface area contributed by atoms with Crippen LogP contribution in [0.2, 0.25) is 5.02 Å². The Morgan fingerprint density at radius 3 is 2.40 bits per heavy atom. The van der Waals surface area contributed by atoms with Crippen LogP contribution in [0, 0.1) is 39.9 Å². The monoisotopic (exact) mass is 762 g/mol. The number of hydrogen-bond acceptors (Lipinski definition) is 10. The highest BCUT2D eigenvalue weighted by atomic mass is 35.5. The van der Waals surface area contributed by atoms with E-state index >= 15 is 0 Å². The third-order valence-electron chi connectivity index (χ3n) is 12.2. The number of nitrogens with zero attached hydrogens (tertiary/aromatic N) is 7. The third kappa shape index (κ3) is 6.53. The molecule has 2 aromatic heterocycles. The van der Waals surface area contributed by atoms with Gasteiger partial charge in [0.05, 0.1) is 28.4 Å². The first-order chi connectivity index (χ1) is 26.2. The van der Waals surface area contributed by atoms with Crippen LogP contribution in [0.4, 0.5) is 5.82 Å². The summed E-state index contributed by atoms with van der Waals surface area (Å²) in [6, 6.07) is 12.0. The molecule has 0 bridgehead atoms. The molecule has 14 heteroatoms. The largest absolute Gasteiger partial charge is 0.489 e. The Bertz CT molecular complexity index is 2240. The molecule has 284 valence electrons. The fourth-order valence-electron chi connectivity index (χ4n) is 9.74. The van der Waals surface area contributed by atoms with Gasteiger partial charge in [0.25, 0.3) is 11.5 Å². The second-order valence-corrected chi connectivity index (χ2v) is 16.9. The predicted octanol–water partition coefficient (Wildman–Crippen LogP) is 3.93. The number of carbonyl (C=O) groups is 3. The number of carbonyl (C=O) groups excluding carboxylic acids is 3. The maximum Gasteiger partial charge on any atom is 0.256 e. The Morgan fingerprint density at radius 2 is 1.73 bits per heavy atom. The molecule has 3 aromatic rings. The Labute approximate surface area is 324 Å². The lowest BCUT2D eigenvalue weighted by Crippen LogP contribution is -2.74. The van der Waals surface area contributed by atoms with Crippen LogP contribution in [0.15, 0.2) is 47.5 Å². The van der Waals surface area contributed by atoms with Crippen molar-refractivity contribution in [3.05, 3.63) is 80.6 Å². The van der Waals surface area contributed by atoms with Crippen LogP contribution >= 0.6 is 11.6 Å². The van der Waals surface area contributed by atoms with E-state index in [0.29, 0.717) is 46.0 Å². The van der Waals surface area contributed by atoms with Crippen LogP contribution in [0.1, 0.15) is 86.7 Å². The summed E-state index contributed by atoms with van der Waals surface area (Å²) in [7, 11) is 0. The van der Waals surface area contributed by atoms with Crippen molar-refractivity contribution in [2.24, 2.45) is 16.7 Å². The standard InChI is InChI=1S/C41H43ClN8O5/c1-40(2)38(41(3,4)39(40)55-28-9-6-25(21-43)30(42)19-28)49-22-31-29(37(49)54)10-8-26(45-31)7-5-24-17-27(18-24)47-13-15-48(16-14-47)33-20-35(52)50(23-44-33)32-11-12-34(51)46-36(32)53/h6,8-10,19-20,23-24,27,32,38-39H,11-18,22H2,1-4H3,(H,46,51,53)/t24-,27-,32?,38-,39-. The Morgan fingerprint density at radius 1 is 0.982 bits per heavy atom. The van der Waals surface area contributed by atoms with Gasteiger partial charge in [-0.2, -0.15) is 5.26 Å².